The number of carbonyl (C=O) groups is 1. The topological polar surface area (TPSA) is 67.5 Å². The number of benzene rings is 1. The minimum atomic E-state index is -1.07. The summed E-state index contributed by atoms with van der Waals surface area (Å²) in [6, 6.07) is 5.75. The number of carboxylic acids is 1. The third-order valence-corrected chi connectivity index (χ3v) is 1.89. The number of rotatable bonds is 1. The molecule has 1 aromatic heterocycles. The van der Waals surface area contributed by atoms with Crippen molar-refractivity contribution in [2.24, 2.45) is 0 Å². The number of aromatic carboxylic acids is 1. The van der Waals surface area contributed by atoms with Gasteiger partial charge in [0, 0.05) is 32.7 Å². The summed E-state index contributed by atoms with van der Waals surface area (Å²) in [4.78, 5) is 21.8. The van der Waals surface area contributed by atoms with Crippen molar-refractivity contribution < 1.29 is 47.0 Å². The molecule has 0 aliphatic rings. The summed E-state index contributed by atoms with van der Waals surface area (Å²) in [7, 11) is 0. The van der Waals surface area contributed by atoms with E-state index in [0.717, 1.165) is 0 Å². The van der Waals surface area contributed by atoms with E-state index in [4.69, 9.17) is 5.11 Å². The zero-order valence-electron chi connectivity index (χ0n) is 7.56. The van der Waals surface area contributed by atoms with Crippen LogP contribution >= 0.6 is 0 Å². The Morgan fingerprint density at radius 2 is 2.13 bits per heavy atom. The van der Waals surface area contributed by atoms with Crippen molar-refractivity contribution in [3.63, 3.8) is 0 Å². The van der Waals surface area contributed by atoms with Gasteiger partial charge in [0.15, 0.2) is 0 Å². The van der Waals surface area contributed by atoms with Gasteiger partial charge in [-0.05, 0) is 11.6 Å². The fourth-order valence-electron chi connectivity index (χ4n) is 1.19. The van der Waals surface area contributed by atoms with E-state index in [1.807, 2.05) is 0 Å². The van der Waals surface area contributed by atoms with Crippen LogP contribution < -0.4 is 5.63 Å². The molecule has 0 saturated carbocycles. The smallest absolute Gasteiger partial charge is 0.335 e. The molecule has 0 saturated heterocycles. The van der Waals surface area contributed by atoms with Crippen LogP contribution in [0.25, 0.3) is 10.8 Å². The van der Waals surface area contributed by atoms with Gasteiger partial charge in [0.2, 0.25) is 5.63 Å². The minimum absolute atomic E-state index is 0. The second-order valence-corrected chi connectivity index (χ2v) is 2.76. The molecule has 2 rings (SSSR count). The minimum Gasteiger partial charge on any atom is -0.552 e. The maximum atomic E-state index is 11.2. The predicted molar refractivity (Wildman–Crippen MR) is 48.3 cm³/mol. The zero-order valence-corrected chi connectivity index (χ0v) is 10.4. The third-order valence-electron chi connectivity index (χ3n) is 1.89. The third kappa shape index (κ3) is 2.33. The van der Waals surface area contributed by atoms with E-state index in [2.05, 4.69) is 10.7 Å². The summed E-state index contributed by atoms with van der Waals surface area (Å²) in [5, 5.41) is 9.56. The Kier molecular flexibility index (Phi) is 3.77. The molecule has 0 amide bonds. The fourth-order valence-corrected chi connectivity index (χ4v) is 1.19. The average Bonchev–Trinajstić information content (AvgIpc) is 2.18. The van der Waals surface area contributed by atoms with Crippen molar-refractivity contribution in [1.29, 1.82) is 0 Å². The van der Waals surface area contributed by atoms with Gasteiger partial charge in [0.25, 0.3) is 0 Å². The molecule has 0 aliphatic carbocycles. The molecule has 1 heterocycles. The second-order valence-electron chi connectivity index (χ2n) is 2.76. The second kappa shape index (κ2) is 4.68. The van der Waals surface area contributed by atoms with E-state index in [9.17, 15) is 9.59 Å². The summed E-state index contributed by atoms with van der Waals surface area (Å²) in [6.45, 7) is 0. The van der Waals surface area contributed by atoms with Crippen LogP contribution in [0.15, 0.2) is 33.5 Å². The van der Waals surface area contributed by atoms with Crippen molar-refractivity contribution in [3.05, 3.63) is 46.5 Å². The Morgan fingerprint density at radius 3 is 2.80 bits per heavy atom. The molecule has 1 aromatic carbocycles. The Balaban J connectivity index is 0.00000112. The quantitative estimate of drug-likeness (QED) is 0.798. The van der Waals surface area contributed by atoms with Gasteiger partial charge < -0.3 is 14.3 Å². The van der Waals surface area contributed by atoms with E-state index in [1.165, 1.54) is 18.2 Å². The number of hydrogen-bond donors (Lipinski definition) is 1. The standard InChI is InChI=1S/C10H5O4.Y/c11-9(12)7-2-1-6-3-4-14-10(13)8(6)5-7;/h1-3,5H,(H,11,12);/q-1;. The molecule has 15 heavy (non-hydrogen) atoms. The van der Waals surface area contributed by atoms with Crippen LogP contribution in [0.3, 0.4) is 0 Å². The molecule has 0 bridgehead atoms. The number of hydrogen-bond acceptors (Lipinski definition) is 3. The van der Waals surface area contributed by atoms with Crippen molar-refractivity contribution in [2.75, 3.05) is 0 Å². The normalized spacial score (nSPS) is 9.60. The van der Waals surface area contributed by atoms with E-state index in [0.29, 0.717) is 5.39 Å². The number of carboxylic acid groups (broad SMARTS) is 1. The molecule has 0 spiro atoms. The Labute approximate surface area is 110 Å². The molecule has 0 fully saturated rings. The summed E-state index contributed by atoms with van der Waals surface area (Å²) in [6.07, 6.45) is 2.32. The summed E-state index contributed by atoms with van der Waals surface area (Å²) in [5.41, 5.74) is -0.512. The first kappa shape index (κ1) is 12.1. The molecule has 73 valence electrons. The van der Waals surface area contributed by atoms with Crippen LogP contribution in [0.2, 0.25) is 0 Å². The molecule has 0 atom stereocenters. The van der Waals surface area contributed by atoms with Gasteiger partial charge >= 0.3 is 5.97 Å². The van der Waals surface area contributed by atoms with Crippen LogP contribution in [0.4, 0.5) is 0 Å². The van der Waals surface area contributed by atoms with Gasteiger partial charge in [-0.3, -0.25) is 0 Å². The summed E-state index contributed by atoms with van der Waals surface area (Å²) < 4.78 is 4.50. The maximum Gasteiger partial charge on any atom is 0.335 e. The molecule has 2 aromatic rings. The average molecular weight is 278 g/mol. The van der Waals surface area contributed by atoms with Crippen molar-refractivity contribution in [2.45, 2.75) is 0 Å². The Hall–Kier alpha value is -0.996. The predicted octanol–water partition coefficient (Wildman–Crippen LogP) is 1.29. The van der Waals surface area contributed by atoms with E-state index in [1.54, 1.807) is 6.07 Å². The first-order valence-electron chi connectivity index (χ1n) is 3.86. The fraction of sp³-hybridized carbons (Fsp3) is 0. The van der Waals surface area contributed by atoms with Gasteiger partial charge in [-0.15, -0.1) is 17.5 Å². The van der Waals surface area contributed by atoms with Crippen molar-refractivity contribution in [1.82, 2.24) is 0 Å². The summed E-state index contributed by atoms with van der Waals surface area (Å²) >= 11 is 0. The van der Waals surface area contributed by atoms with Crippen LogP contribution in [0.1, 0.15) is 10.4 Å². The molecule has 4 nitrogen and oxygen atoms in total. The Morgan fingerprint density at radius 1 is 1.40 bits per heavy atom. The zero-order chi connectivity index (χ0) is 10.1. The Bertz CT molecular complexity index is 559. The molecular formula is C10H5O4Y-. The molecule has 1 radical (unpaired) electrons. The van der Waals surface area contributed by atoms with Gasteiger partial charge in [0.1, 0.15) is 0 Å². The van der Waals surface area contributed by atoms with E-state index in [-0.39, 0.29) is 43.7 Å². The molecule has 0 unspecified atom stereocenters. The van der Waals surface area contributed by atoms with E-state index < -0.39 is 11.6 Å². The van der Waals surface area contributed by atoms with Gasteiger partial charge in [-0.2, -0.15) is 0 Å². The largest absolute Gasteiger partial charge is 0.552 e. The van der Waals surface area contributed by atoms with Crippen molar-refractivity contribution >= 4 is 16.7 Å². The molecular weight excluding hydrogens is 273 g/mol. The number of fused-ring (bicyclic) bond motifs is 1. The van der Waals surface area contributed by atoms with Crippen LogP contribution in [0, 0.1) is 6.26 Å². The van der Waals surface area contributed by atoms with Crippen LogP contribution in [-0.2, 0) is 32.7 Å². The van der Waals surface area contributed by atoms with Gasteiger partial charge in [0.05, 0.1) is 5.56 Å². The first-order valence-corrected chi connectivity index (χ1v) is 3.86. The summed E-state index contributed by atoms with van der Waals surface area (Å²) in [5.74, 6) is -1.07. The van der Waals surface area contributed by atoms with Gasteiger partial charge in [-0.1, -0.05) is 12.1 Å². The van der Waals surface area contributed by atoms with Crippen LogP contribution in [0.5, 0.6) is 0 Å². The van der Waals surface area contributed by atoms with E-state index >= 15 is 0 Å². The first-order chi connectivity index (χ1) is 6.68. The van der Waals surface area contributed by atoms with Crippen LogP contribution in [-0.4, -0.2) is 11.1 Å². The molecule has 5 heteroatoms. The van der Waals surface area contributed by atoms with Crippen molar-refractivity contribution in [3.8, 4) is 0 Å². The van der Waals surface area contributed by atoms with Gasteiger partial charge in [-0.25, -0.2) is 4.79 Å². The molecule has 0 aliphatic heterocycles. The monoisotopic (exact) mass is 278 g/mol. The maximum absolute atomic E-state index is 11.2. The molecule has 1 N–H and O–H groups in total. The SMILES string of the molecule is O=C(O)c1ccc2c[c-]oc(=O)c2c1.[Y].